The number of urea groups is 1. The molecule has 1 saturated heterocycles. The first kappa shape index (κ1) is 18.0. The fraction of sp³-hybridized carbons (Fsp3) is 0.533. The maximum absolute atomic E-state index is 12.6. The number of pyridine rings is 1. The smallest absolute Gasteiger partial charge is 0.433 e. The lowest BCUT2D eigenvalue weighted by Crippen LogP contribution is -2.47. The third-order valence-electron chi connectivity index (χ3n) is 3.81. The Kier molecular flexibility index (Phi) is 5.63. The van der Waals surface area contributed by atoms with Crippen molar-refractivity contribution < 1.29 is 27.9 Å². The maximum atomic E-state index is 12.6. The zero-order chi connectivity index (χ0) is 17.7. The predicted octanol–water partition coefficient (Wildman–Crippen LogP) is 2.15. The molecule has 2 rings (SSSR count). The van der Waals surface area contributed by atoms with E-state index in [1.807, 2.05) is 0 Å². The van der Waals surface area contributed by atoms with Gasteiger partial charge < -0.3 is 15.3 Å². The summed E-state index contributed by atoms with van der Waals surface area (Å²) in [7, 11) is 0. The Morgan fingerprint density at radius 2 is 2.12 bits per heavy atom. The van der Waals surface area contributed by atoms with E-state index in [2.05, 4.69) is 10.3 Å². The van der Waals surface area contributed by atoms with Gasteiger partial charge in [0.2, 0.25) is 0 Å². The number of piperidine rings is 1. The van der Waals surface area contributed by atoms with Crippen molar-refractivity contribution in [3.8, 4) is 0 Å². The first-order chi connectivity index (χ1) is 11.3. The SMILES string of the molecule is O=C(O)C1CCCN(C(=O)NCCc2cccc(C(F)(F)F)n2)C1. The minimum Gasteiger partial charge on any atom is -0.481 e. The largest absolute Gasteiger partial charge is 0.481 e. The molecule has 9 heteroatoms. The summed E-state index contributed by atoms with van der Waals surface area (Å²) < 4.78 is 37.7. The number of hydrogen-bond acceptors (Lipinski definition) is 3. The van der Waals surface area contributed by atoms with E-state index in [1.54, 1.807) is 0 Å². The van der Waals surface area contributed by atoms with Crippen molar-refractivity contribution in [1.29, 1.82) is 0 Å². The van der Waals surface area contributed by atoms with Crippen molar-refractivity contribution >= 4 is 12.0 Å². The molecule has 1 fully saturated rings. The van der Waals surface area contributed by atoms with Crippen molar-refractivity contribution in [2.75, 3.05) is 19.6 Å². The number of carbonyl (C=O) groups is 2. The zero-order valence-electron chi connectivity index (χ0n) is 12.8. The molecule has 0 radical (unpaired) electrons. The van der Waals surface area contributed by atoms with Gasteiger partial charge in [-0.2, -0.15) is 13.2 Å². The molecule has 0 spiro atoms. The number of carbonyl (C=O) groups excluding carboxylic acids is 1. The minimum atomic E-state index is -4.50. The van der Waals surface area contributed by atoms with E-state index < -0.39 is 29.8 Å². The highest BCUT2D eigenvalue weighted by Crippen LogP contribution is 2.27. The van der Waals surface area contributed by atoms with Crippen LogP contribution in [0.3, 0.4) is 0 Å². The molecule has 0 aromatic carbocycles. The quantitative estimate of drug-likeness (QED) is 0.876. The molecule has 1 aliphatic heterocycles. The Bertz CT molecular complexity index is 607. The number of aromatic nitrogens is 1. The van der Waals surface area contributed by atoms with Crippen LogP contribution in [-0.2, 0) is 17.4 Å². The fourth-order valence-electron chi connectivity index (χ4n) is 2.55. The number of alkyl halides is 3. The van der Waals surface area contributed by atoms with Gasteiger partial charge in [0, 0.05) is 31.7 Å². The van der Waals surface area contributed by atoms with Gasteiger partial charge >= 0.3 is 18.2 Å². The Morgan fingerprint density at radius 1 is 1.38 bits per heavy atom. The second-order valence-corrected chi connectivity index (χ2v) is 5.62. The molecule has 1 aromatic heterocycles. The summed E-state index contributed by atoms with van der Waals surface area (Å²) >= 11 is 0. The van der Waals surface area contributed by atoms with Crippen molar-refractivity contribution in [2.45, 2.75) is 25.4 Å². The van der Waals surface area contributed by atoms with E-state index in [9.17, 15) is 22.8 Å². The number of nitrogens with zero attached hydrogens (tertiary/aromatic N) is 2. The van der Waals surface area contributed by atoms with E-state index in [1.165, 1.54) is 17.0 Å². The first-order valence-corrected chi connectivity index (χ1v) is 7.56. The molecule has 132 valence electrons. The summed E-state index contributed by atoms with van der Waals surface area (Å²) in [6.45, 7) is 0.738. The lowest BCUT2D eigenvalue weighted by Gasteiger charge is -2.30. The molecular formula is C15H18F3N3O3. The van der Waals surface area contributed by atoms with Gasteiger partial charge in [-0.05, 0) is 25.0 Å². The highest BCUT2D eigenvalue weighted by molar-refractivity contribution is 5.76. The summed E-state index contributed by atoms with van der Waals surface area (Å²) in [5, 5.41) is 11.6. The number of amides is 2. The summed E-state index contributed by atoms with van der Waals surface area (Å²) in [6, 6.07) is 3.22. The van der Waals surface area contributed by atoms with E-state index in [-0.39, 0.29) is 25.2 Å². The van der Waals surface area contributed by atoms with Crippen LogP contribution in [0.4, 0.5) is 18.0 Å². The summed E-state index contributed by atoms with van der Waals surface area (Å²) in [6.07, 6.45) is -3.20. The van der Waals surface area contributed by atoms with Crippen LogP contribution in [0, 0.1) is 5.92 Å². The molecule has 1 atom stereocenters. The monoisotopic (exact) mass is 345 g/mol. The van der Waals surface area contributed by atoms with E-state index in [0.717, 1.165) is 6.07 Å². The first-order valence-electron chi connectivity index (χ1n) is 7.56. The number of nitrogens with one attached hydrogen (secondary N) is 1. The van der Waals surface area contributed by atoms with E-state index in [0.29, 0.717) is 19.4 Å². The number of hydrogen-bond donors (Lipinski definition) is 2. The fourth-order valence-corrected chi connectivity index (χ4v) is 2.55. The Labute approximate surface area is 136 Å². The Morgan fingerprint density at radius 3 is 2.79 bits per heavy atom. The van der Waals surface area contributed by atoms with Gasteiger partial charge in [-0.15, -0.1) is 0 Å². The standard InChI is InChI=1S/C15H18F3N3O3/c16-15(17,18)12-5-1-4-11(20-12)6-7-19-14(24)21-8-2-3-10(9-21)13(22)23/h1,4-5,10H,2-3,6-9H2,(H,19,24)(H,22,23). The molecule has 1 aromatic rings. The number of carboxylic acids is 1. The summed E-state index contributed by atoms with van der Waals surface area (Å²) in [5.41, 5.74) is -0.737. The highest BCUT2D eigenvalue weighted by atomic mass is 19.4. The maximum Gasteiger partial charge on any atom is 0.433 e. The molecular weight excluding hydrogens is 327 g/mol. The van der Waals surface area contributed by atoms with Crippen molar-refractivity contribution in [2.24, 2.45) is 5.92 Å². The van der Waals surface area contributed by atoms with Crippen LogP contribution in [0.1, 0.15) is 24.2 Å². The molecule has 0 saturated carbocycles. The van der Waals surface area contributed by atoms with Crippen LogP contribution in [0.2, 0.25) is 0 Å². The Balaban J connectivity index is 1.83. The molecule has 6 nitrogen and oxygen atoms in total. The van der Waals surface area contributed by atoms with Crippen LogP contribution in [0.5, 0.6) is 0 Å². The second-order valence-electron chi connectivity index (χ2n) is 5.62. The highest BCUT2D eigenvalue weighted by Gasteiger charge is 2.32. The van der Waals surface area contributed by atoms with Crippen LogP contribution in [-0.4, -0.2) is 46.6 Å². The number of carboxylic acid groups (broad SMARTS) is 1. The Hall–Kier alpha value is -2.32. The molecule has 1 unspecified atom stereocenters. The molecule has 24 heavy (non-hydrogen) atoms. The molecule has 0 bridgehead atoms. The topological polar surface area (TPSA) is 82.5 Å². The van der Waals surface area contributed by atoms with Gasteiger partial charge in [0.1, 0.15) is 5.69 Å². The predicted molar refractivity (Wildman–Crippen MR) is 78.3 cm³/mol. The molecule has 2 amide bonds. The average molecular weight is 345 g/mol. The summed E-state index contributed by atoms with van der Waals surface area (Å²) in [5.74, 6) is -1.50. The zero-order valence-corrected chi connectivity index (χ0v) is 12.8. The number of likely N-dealkylation sites (tertiary alicyclic amines) is 1. The molecule has 2 heterocycles. The third kappa shape index (κ3) is 4.84. The van der Waals surface area contributed by atoms with Gasteiger partial charge in [0.15, 0.2) is 0 Å². The van der Waals surface area contributed by atoms with Crippen LogP contribution in [0.25, 0.3) is 0 Å². The summed E-state index contributed by atoms with van der Waals surface area (Å²) in [4.78, 5) is 27.9. The van der Waals surface area contributed by atoms with Gasteiger partial charge in [0.05, 0.1) is 5.92 Å². The average Bonchev–Trinajstić information content (AvgIpc) is 2.54. The van der Waals surface area contributed by atoms with Gasteiger partial charge in [0.25, 0.3) is 0 Å². The van der Waals surface area contributed by atoms with E-state index >= 15 is 0 Å². The van der Waals surface area contributed by atoms with E-state index in [4.69, 9.17) is 5.11 Å². The molecule has 0 aliphatic carbocycles. The van der Waals surface area contributed by atoms with Gasteiger partial charge in [-0.3, -0.25) is 4.79 Å². The lowest BCUT2D eigenvalue weighted by atomic mass is 9.99. The van der Waals surface area contributed by atoms with Crippen LogP contribution in [0.15, 0.2) is 18.2 Å². The van der Waals surface area contributed by atoms with Crippen molar-refractivity contribution in [1.82, 2.24) is 15.2 Å². The second kappa shape index (κ2) is 7.50. The van der Waals surface area contributed by atoms with Crippen molar-refractivity contribution in [3.63, 3.8) is 0 Å². The third-order valence-corrected chi connectivity index (χ3v) is 3.81. The lowest BCUT2D eigenvalue weighted by molar-refractivity contribution is -0.143. The number of rotatable bonds is 4. The minimum absolute atomic E-state index is 0.126. The normalized spacial score (nSPS) is 18.3. The van der Waals surface area contributed by atoms with Gasteiger partial charge in [-0.1, -0.05) is 6.07 Å². The molecule has 1 aliphatic rings. The number of halogens is 3. The molecule has 2 N–H and O–H groups in total. The van der Waals surface area contributed by atoms with Crippen LogP contribution < -0.4 is 5.32 Å². The van der Waals surface area contributed by atoms with Crippen LogP contribution >= 0.6 is 0 Å². The number of aliphatic carboxylic acids is 1. The van der Waals surface area contributed by atoms with Gasteiger partial charge in [-0.25, -0.2) is 9.78 Å². The van der Waals surface area contributed by atoms with Crippen molar-refractivity contribution in [3.05, 3.63) is 29.6 Å².